The van der Waals surface area contributed by atoms with E-state index in [1.807, 2.05) is 13.8 Å². The second-order valence-electron chi connectivity index (χ2n) is 5.54. The quantitative estimate of drug-likeness (QED) is 0.723. The van der Waals surface area contributed by atoms with Crippen molar-refractivity contribution in [1.82, 2.24) is 0 Å². The van der Waals surface area contributed by atoms with E-state index in [1.165, 1.54) is 0 Å². The highest BCUT2D eigenvalue weighted by molar-refractivity contribution is 5.77. The molecule has 0 aliphatic heterocycles. The summed E-state index contributed by atoms with van der Waals surface area (Å²) in [5.74, 6) is -0.121. The first kappa shape index (κ1) is 14.5. The standard InChI is InChI=1S/C13H25NO3/c1-12(2,16-3)8-9-17-11(15)13(10-14)6-4-5-7-13/h4-10,14H2,1-3H3. The molecule has 1 aliphatic rings. The van der Waals surface area contributed by atoms with Crippen molar-refractivity contribution in [3.05, 3.63) is 0 Å². The monoisotopic (exact) mass is 243 g/mol. The maximum atomic E-state index is 12.0. The lowest BCUT2D eigenvalue weighted by molar-refractivity contribution is -0.156. The molecule has 4 heteroatoms. The summed E-state index contributed by atoms with van der Waals surface area (Å²) in [4.78, 5) is 12.0. The Morgan fingerprint density at radius 3 is 2.41 bits per heavy atom. The molecule has 1 rings (SSSR count). The van der Waals surface area contributed by atoms with Crippen molar-refractivity contribution in [1.29, 1.82) is 0 Å². The second kappa shape index (κ2) is 5.83. The van der Waals surface area contributed by atoms with Crippen molar-refractivity contribution in [2.45, 2.75) is 51.6 Å². The SMILES string of the molecule is COC(C)(C)CCOC(=O)C1(CN)CCCC1. The fourth-order valence-electron chi connectivity index (χ4n) is 2.19. The van der Waals surface area contributed by atoms with Crippen LogP contribution in [-0.4, -0.2) is 31.8 Å². The van der Waals surface area contributed by atoms with Gasteiger partial charge in [-0.15, -0.1) is 0 Å². The lowest BCUT2D eigenvalue weighted by Gasteiger charge is -2.27. The van der Waals surface area contributed by atoms with Crippen LogP contribution in [0.2, 0.25) is 0 Å². The van der Waals surface area contributed by atoms with E-state index in [-0.39, 0.29) is 11.6 Å². The largest absolute Gasteiger partial charge is 0.465 e. The fraction of sp³-hybridized carbons (Fsp3) is 0.923. The third kappa shape index (κ3) is 3.68. The van der Waals surface area contributed by atoms with Gasteiger partial charge in [0.25, 0.3) is 0 Å². The summed E-state index contributed by atoms with van der Waals surface area (Å²) in [6, 6.07) is 0. The summed E-state index contributed by atoms with van der Waals surface area (Å²) in [5.41, 5.74) is 5.08. The molecule has 0 radical (unpaired) electrons. The van der Waals surface area contributed by atoms with Crippen LogP contribution >= 0.6 is 0 Å². The third-order valence-electron chi connectivity index (χ3n) is 3.87. The summed E-state index contributed by atoms with van der Waals surface area (Å²) in [6.07, 6.45) is 4.60. The van der Waals surface area contributed by atoms with E-state index in [0.29, 0.717) is 19.6 Å². The van der Waals surface area contributed by atoms with E-state index in [4.69, 9.17) is 15.2 Å². The molecule has 100 valence electrons. The van der Waals surface area contributed by atoms with E-state index < -0.39 is 5.41 Å². The molecule has 0 amide bonds. The van der Waals surface area contributed by atoms with Crippen LogP contribution in [-0.2, 0) is 14.3 Å². The molecule has 0 heterocycles. The molecule has 1 aliphatic carbocycles. The number of hydrogen-bond donors (Lipinski definition) is 1. The predicted molar refractivity (Wildman–Crippen MR) is 66.6 cm³/mol. The Kier molecular flexibility index (Phi) is 4.95. The van der Waals surface area contributed by atoms with Gasteiger partial charge >= 0.3 is 5.97 Å². The Bertz CT molecular complexity index is 257. The van der Waals surface area contributed by atoms with E-state index >= 15 is 0 Å². The number of methoxy groups -OCH3 is 1. The van der Waals surface area contributed by atoms with Gasteiger partial charge in [0.05, 0.1) is 17.6 Å². The van der Waals surface area contributed by atoms with Crippen LogP contribution in [0.5, 0.6) is 0 Å². The lowest BCUT2D eigenvalue weighted by atomic mass is 9.86. The summed E-state index contributed by atoms with van der Waals surface area (Å²) < 4.78 is 10.6. The van der Waals surface area contributed by atoms with Gasteiger partial charge in [-0.1, -0.05) is 12.8 Å². The summed E-state index contributed by atoms with van der Waals surface area (Å²) in [7, 11) is 1.67. The fourth-order valence-corrected chi connectivity index (χ4v) is 2.19. The first-order valence-corrected chi connectivity index (χ1v) is 6.38. The molecular formula is C13H25NO3. The first-order valence-electron chi connectivity index (χ1n) is 6.38. The van der Waals surface area contributed by atoms with Gasteiger partial charge in [-0.05, 0) is 26.7 Å². The molecular weight excluding hydrogens is 218 g/mol. The Morgan fingerprint density at radius 2 is 1.94 bits per heavy atom. The van der Waals surface area contributed by atoms with Crippen LogP contribution < -0.4 is 5.73 Å². The first-order chi connectivity index (χ1) is 7.96. The third-order valence-corrected chi connectivity index (χ3v) is 3.87. The normalized spacial score (nSPS) is 19.3. The molecule has 0 saturated heterocycles. The van der Waals surface area contributed by atoms with Crippen molar-refractivity contribution >= 4 is 5.97 Å². The minimum absolute atomic E-state index is 0.121. The number of nitrogens with two attached hydrogens (primary N) is 1. The van der Waals surface area contributed by atoms with Gasteiger partial charge < -0.3 is 15.2 Å². The molecule has 0 aromatic rings. The number of carbonyl (C=O) groups is 1. The minimum Gasteiger partial charge on any atom is -0.465 e. The highest BCUT2D eigenvalue weighted by Gasteiger charge is 2.41. The number of carbonyl (C=O) groups excluding carboxylic acids is 1. The highest BCUT2D eigenvalue weighted by atomic mass is 16.5. The lowest BCUT2D eigenvalue weighted by Crippen LogP contribution is -2.38. The zero-order chi connectivity index (χ0) is 12.9. The molecule has 0 bridgehead atoms. The van der Waals surface area contributed by atoms with Crippen LogP contribution in [0, 0.1) is 5.41 Å². The topological polar surface area (TPSA) is 61.5 Å². The highest BCUT2D eigenvalue weighted by Crippen LogP contribution is 2.38. The molecule has 2 N–H and O–H groups in total. The van der Waals surface area contributed by atoms with Gasteiger partial charge in [-0.25, -0.2) is 0 Å². The molecule has 0 atom stereocenters. The Morgan fingerprint density at radius 1 is 1.35 bits per heavy atom. The van der Waals surface area contributed by atoms with Crippen LogP contribution in [0.25, 0.3) is 0 Å². The molecule has 0 aromatic carbocycles. The van der Waals surface area contributed by atoms with E-state index in [1.54, 1.807) is 7.11 Å². The smallest absolute Gasteiger partial charge is 0.313 e. The van der Waals surface area contributed by atoms with Crippen LogP contribution in [0.1, 0.15) is 46.0 Å². The Labute approximate surface area is 104 Å². The van der Waals surface area contributed by atoms with E-state index in [2.05, 4.69) is 0 Å². The van der Waals surface area contributed by atoms with Gasteiger partial charge in [0.1, 0.15) is 0 Å². The van der Waals surface area contributed by atoms with Gasteiger partial charge in [0.2, 0.25) is 0 Å². The van der Waals surface area contributed by atoms with Crippen molar-refractivity contribution < 1.29 is 14.3 Å². The van der Waals surface area contributed by atoms with Crippen molar-refractivity contribution in [2.75, 3.05) is 20.3 Å². The summed E-state index contributed by atoms with van der Waals surface area (Å²) in [6.45, 7) is 4.77. The van der Waals surface area contributed by atoms with E-state index in [9.17, 15) is 4.79 Å². The van der Waals surface area contributed by atoms with Gasteiger partial charge in [-0.2, -0.15) is 0 Å². The van der Waals surface area contributed by atoms with Crippen LogP contribution in [0.3, 0.4) is 0 Å². The van der Waals surface area contributed by atoms with Crippen LogP contribution in [0.15, 0.2) is 0 Å². The zero-order valence-corrected chi connectivity index (χ0v) is 11.3. The Hall–Kier alpha value is -0.610. The average Bonchev–Trinajstić information content (AvgIpc) is 2.78. The maximum Gasteiger partial charge on any atom is 0.313 e. The summed E-state index contributed by atoms with van der Waals surface area (Å²) >= 11 is 0. The van der Waals surface area contributed by atoms with E-state index in [0.717, 1.165) is 25.7 Å². The molecule has 17 heavy (non-hydrogen) atoms. The molecule has 1 saturated carbocycles. The van der Waals surface area contributed by atoms with Crippen molar-refractivity contribution in [2.24, 2.45) is 11.1 Å². The predicted octanol–water partition coefficient (Wildman–Crippen LogP) is 1.86. The molecule has 0 spiro atoms. The zero-order valence-electron chi connectivity index (χ0n) is 11.3. The van der Waals surface area contributed by atoms with Gasteiger partial charge in [0, 0.05) is 20.1 Å². The molecule has 1 fully saturated rings. The number of rotatable bonds is 6. The van der Waals surface area contributed by atoms with Gasteiger partial charge in [0.15, 0.2) is 0 Å². The minimum atomic E-state index is -0.406. The molecule has 4 nitrogen and oxygen atoms in total. The number of hydrogen-bond acceptors (Lipinski definition) is 4. The second-order valence-corrected chi connectivity index (χ2v) is 5.54. The molecule has 0 unspecified atom stereocenters. The molecule has 0 aromatic heterocycles. The average molecular weight is 243 g/mol. The van der Waals surface area contributed by atoms with Crippen molar-refractivity contribution in [3.63, 3.8) is 0 Å². The Balaban J connectivity index is 2.39. The van der Waals surface area contributed by atoms with Crippen LogP contribution in [0.4, 0.5) is 0 Å². The van der Waals surface area contributed by atoms with Crippen molar-refractivity contribution in [3.8, 4) is 0 Å². The number of esters is 1. The van der Waals surface area contributed by atoms with Gasteiger partial charge in [-0.3, -0.25) is 4.79 Å². The number of ether oxygens (including phenoxy) is 2. The summed E-state index contributed by atoms with van der Waals surface area (Å²) in [5, 5.41) is 0. The maximum absolute atomic E-state index is 12.0.